The second-order valence-electron chi connectivity index (χ2n) is 15.0. The van der Waals surface area contributed by atoms with E-state index in [-0.39, 0.29) is 17.4 Å². The molecule has 0 bridgehead atoms. The van der Waals surface area contributed by atoms with E-state index in [0.29, 0.717) is 13.3 Å². The van der Waals surface area contributed by atoms with E-state index in [1.807, 2.05) is 0 Å². The average molecular weight is 664 g/mol. The molecule has 2 aliphatic rings. The van der Waals surface area contributed by atoms with Gasteiger partial charge in [0.05, 0.1) is 5.41 Å². The monoisotopic (exact) mass is 663 g/mol. The average Bonchev–Trinajstić information content (AvgIpc) is 3.74. The Morgan fingerprint density at radius 2 is 1.38 bits per heavy atom. The molecule has 4 heterocycles. The van der Waals surface area contributed by atoms with Gasteiger partial charge in [0.25, 0.3) is 0 Å². The van der Waals surface area contributed by atoms with Gasteiger partial charge in [-0.2, -0.15) is 4.58 Å². The van der Waals surface area contributed by atoms with Crippen molar-refractivity contribution in [2.45, 2.75) is 58.3 Å². The number of benzene rings is 4. The number of aliphatic hydroxyl groups is 1. The third kappa shape index (κ3) is 4.52. The molecule has 0 spiro atoms. The van der Waals surface area contributed by atoms with Gasteiger partial charge in [0.15, 0.2) is 5.71 Å². The lowest BCUT2D eigenvalue weighted by Gasteiger charge is -2.27. The molecule has 0 aliphatic carbocycles. The Bertz CT molecular complexity index is 2480. The zero-order valence-corrected chi connectivity index (χ0v) is 30.3. The predicted octanol–water partition coefficient (Wildman–Crippen LogP) is 9.94. The first-order valence-electron chi connectivity index (χ1n) is 18.7. The van der Waals surface area contributed by atoms with Crippen molar-refractivity contribution >= 4 is 60.7 Å². The van der Waals surface area contributed by atoms with Gasteiger partial charge >= 0.3 is 0 Å². The fourth-order valence-electron chi connectivity index (χ4n) is 9.21. The van der Waals surface area contributed by atoms with Crippen molar-refractivity contribution in [1.29, 1.82) is 0 Å². The highest BCUT2D eigenvalue weighted by atomic mass is 16.3. The van der Waals surface area contributed by atoms with E-state index in [9.17, 15) is 5.11 Å². The van der Waals surface area contributed by atoms with Gasteiger partial charge in [-0.15, -0.1) is 0 Å². The summed E-state index contributed by atoms with van der Waals surface area (Å²) in [5, 5.41) is 15.1. The molecule has 2 aromatic heterocycles. The van der Waals surface area contributed by atoms with Crippen molar-refractivity contribution in [2.75, 3.05) is 24.6 Å². The maximum Gasteiger partial charge on any atom is 0.210 e. The van der Waals surface area contributed by atoms with Gasteiger partial charge in [0, 0.05) is 113 Å². The largest absolute Gasteiger partial charge is 0.396 e. The fraction of sp³-hybridized carbons (Fsp3) is 0.311. The van der Waals surface area contributed by atoms with Crippen LogP contribution >= 0.6 is 0 Å². The topological polar surface area (TPSA) is 36.3 Å². The van der Waals surface area contributed by atoms with Crippen LogP contribution in [0.1, 0.15) is 59.9 Å². The van der Waals surface area contributed by atoms with E-state index in [2.05, 4.69) is 164 Å². The smallest absolute Gasteiger partial charge is 0.210 e. The summed E-state index contributed by atoms with van der Waals surface area (Å²) in [6.45, 7) is 11.5. The number of aliphatic hydroxyl groups excluding tert-OH is 1. The Morgan fingerprint density at radius 1 is 0.740 bits per heavy atom. The van der Waals surface area contributed by atoms with Crippen molar-refractivity contribution in [3.63, 3.8) is 0 Å². The second-order valence-corrected chi connectivity index (χ2v) is 15.0. The maximum absolute atomic E-state index is 9.86. The van der Waals surface area contributed by atoms with Gasteiger partial charge in [-0.05, 0) is 62.2 Å². The SMILES string of the molecule is [3H]CCC[N+]1=C(/C=C/C=C/C=C2/N(CCCO)c3ccc4c(c3C2(C)C)c2ccccc2n4C)C(C)(C)c2c1ccc1c2c2ccccc2n1C. The summed E-state index contributed by atoms with van der Waals surface area (Å²) >= 11 is 0. The summed E-state index contributed by atoms with van der Waals surface area (Å²) in [4.78, 5) is 2.42. The van der Waals surface area contributed by atoms with Crippen LogP contribution < -0.4 is 4.90 Å². The number of anilines is 1. The predicted molar refractivity (Wildman–Crippen MR) is 212 cm³/mol. The molecule has 50 heavy (non-hydrogen) atoms. The number of aromatic nitrogens is 2. The molecule has 0 radical (unpaired) electrons. The number of hydrogen-bond acceptors (Lipinski definition) is 2. The van der Waals surface area contributed by atoms with Crippen molar-refractivity contribution in [3.8, 4) is 0 Å². The van der Waals surface area contributed by atoms with Gasteiger partial charge in [0.1, 0.15) is 6.54 Å². The first-order chi connectivity index (χ1) is 24.6. The van der Waals surface area contributed by atoms with Gasteiger partial charge in [-0.1, -0.05) is 75.4 Å². The number of rotatable bonds is 8. The molecule has 8 rings (SSSR count). The van der Waals surface area contributed by atoms with Crippen molar-refractivity contribution in [2.24, 2.45) is 14.1 Å². The Labute approximate surface area is 297 Å². The minimum absolute atomic E-state index is 0.160. The van der Waals surface area contributed by atoms with E-state index >= 15 is 0 Å². The lowest BCUT2D eigenvalue weighted by Crippen LogP contribution is -2.28. The summed E-state index contributed by atoms with van der Waals surface area (Å²) in [6, 6.07) is 26.5. The normalized spacial score (nSPS) is 17.9. The summed E-state index contributed by atoms with van der Waals surface area (Å²) in [6.07, 6.45) is 12.6. The molecule has 254 valence electrons. The van der Waals surface area contributed by atoms with E-state index < -0.39 is 0 Å². The third-order valence-corrected chi connectivity index (χ3v) is 11.5. The van der Waals surface area contributed by atoms with Crippen molar-refractivity contribution in [3.05, 3.63) is 120 Å². The van der Waals surface area contributed by atoms with Crippen LogP contribution in [0.2, 0.25) is 0 Å². The third-order valence-electron chi connectivity index (χ3n) is 11.5. The molecule has 0 atom stereocenters. The number of para-hydroxylation sites is 2. The maximum atomic E-state index is 9.86. The van der Waals surface area contributed by atoms with Crippen LogP contribution in [0.25, 0.3) is 43.6 Å². The standard InChI is InChI=1S/C45H49N4O/c1-8-27-48-36-25-23-34-40(30-17-12-14-19-32(30)46(34)6)42(36)44(2,3)38(48)21-10-9-11-22-39-45(4,5)43-37(49(39)28-16-29-50)26-24-35-41(43)31-18-13-15-20-33(31)47(35)7/h9-15,17-26,50H,8,16,27-29H2,1-7H3/q+1/i1T. The molecule has 5 nitrogen and oxygen atoms in total. The van der Waals surface area contributed by atoms with Crippen LogP contribution in [0.15, 0.2) is 109 Å². The number of hydrogen-bond donors (Lipinski definition) is 1. The van der Waals surface area contributed by atoms with Crippen LogP contribution in [0.4, 0.5) is 11.4 Å². The van der Waals surface area contributed by atoms with Crippen molar-refractivity contribution in [1.82, 2.24) is 9.13 Å². The lowest BCUT2D eigenvalue weighted by atomic mass is 9.79. The summed E-state index contributed by atoms with van der Waals surface area (Å²) in [5.41, 5.74) is 12.3. The van der Waals surface area contributed by atoms with E-state index in [0.717, 1.165) is 19.5 Å². The Hall–Kier alpha value is -4.87. The number of aryl methyl sites for hydroxylation is 2. The van der Waals surface area contributed by atoms with Crippen LogP contribution in [0.5, 0.6) is 0 Å². The summed E-state index contributed by atoms with van der Waals surface area (Å²) < 4.78 is 15.0. The quantitative estimate of drug-likeness (QED) is 0.130. The molecular weight excluding hydrogens is 613 g/mol. The van der Waals surface area contributed by atoms with Crippen molar-refractivity contribution < 1.29 is 11.1 Å². The van der Waals surface area contributed by atoms with Gasteiger partial charge < -0.3 is 19.1 Å². The van der Waals surface area contributed by atoms with Crippen LogP contribution in [0.3, 0.4) is 0 Å². The molecule has 4 aromatic carbocycles. The molecule has 5 heteroatoms. The Morgan fingerprint density at radius 3 is 2.04 bits per heavy atom. The van der Waals surface area contributed by atoms with Gasteiger partial charge in [-0.3, -0.25) is 0 Å². The minimum Gasteiger partial charge on any atom is -0.396 e. The van der Waals surface area contributed by atoms with Gasteiger partial charge in [-0.25, -0.2) is 0 Å². The Balaban J connectivity index is 1.18. The van der Waals surface area contributed by atoms with Gasteiger partial charge in [0.2, 0.25) is 5.69 Å². The first-order valence-corrected chi connectivity index (χ1v) is 18.0. The second kappa shape index (κ2) is 11.9. The van der Waals surface area contributed by atoms with Crippen LogP contribution in [-0.2, 0) is 24.9 Å². The number of fused-ring (bicyclic) bond motifs is 10. The molecule has 2 aliphatic heterocycles. The van der Waals surface area contributed by atoms with Crippen LogP contribution in [-0.4, -0.2) is 44.2 Å². The zero-order valence-electron chi connectivity index (χ0n) is 31.3. The molecule has 0 saturated carbocycles. The highest BCUT2D eigenvalue weighted by Crippen LogP contribution is 2.52. The minimum atomic E-state index is -0.233. The lowest BCUT2D eigenvalue weighted by molar-refractivity contribution is -0.437. The molecule has 1 N–H and O–H groups in total. The first kappa shape index (κ1) is 31.1. The highest BCUT2D eigenvalue weighted by molar-refractivity contribution is 6.16. The molecule has 0 fully saturated rings. The number of nitrogens with zero attached hydrogens (tertiary/aromatic N) is 4. The molecule has 0 saturated heterocycles. The van der Waals surface area contributed by atoms with E-state index in [4.69, 9.17) is 1.37 Å². The zero-order chi connectivity index (χ0) is 35.7. The number of allylic oxidation sites excluding steroid dienone is 6. The fourth-order valence-corrected chi connectivity index (χ4v) is 9.21. The molecule has 0 unspecified atom stereocenters. The molecule has 0 amide bonds. The summed E-state index contributed by atoms with van der Waals surface area (Å²) in [7, 11) is 4.33. The Kier molecular flexibility index (Phi) is 7.40. The highest BCUT2D eigenvalue weighted by Gasteiger charge is 2.46. The molecular formula is C45H49N4O+. The van der Waals surface area contributed by atoms with Crippen LogP contribution in [0, 0.1) is 0 Å². The molecule has 6 aromatic rings. The van der Waals surface area contributed by atoms with E-state index in [1.54, 1.807) is 0 Å². The summed E-state index contributed by atoms with van der Waals surface area (Å²) in [5.74, 6) is 0. The van der Waals surface area contributed by atoms with E-state index in [1.165, 1.54) is 77.5 Å².